The molecule has 0 radical (unpaired) electrons. The van der Waals surface area contributed by atoms with Crippen LogP contribution in [-0.2, 0) is 13.6 Å². The molecule has 0 amide bonds. The number of hydrogen-bond acceptors (Lipinski definition) is 8. The van der Waals surface area contributed by atoms with Gasteiger partial charge < -0.3 is 10.6 Å². The molecule has 1 aliphatic rings. The molecule has 0 unspecified atom stereocenters. The van der Waals surface area contributed by atoms with Gasteiger partial charge in [0.05, 0.1) is 17.3 Å². The molecule has 1 aliphatic heterocycles. The summed E-state index contributed by atoms with van der Waals surface area (Å²) in [5.74, 6) is 1.16. The molecule has 0 saturated carbocycles. The molecule has 0 bridgehead atoms. The lowest BCUT2D eigenvalue weighted by molar-refractivity contribution is 0.246. The van der Waals surface area contributed by atoms with E-state index in [9.17, 15) is 0 Å². The summed E-state index contributed by atoms with van der Waals surface area (Å²) >= 11 is 1.70. The minimum Gasteiger partial charge on any atom is -0.383 e. The lowest BCUT2D eigenvalue weighted by Crippen LogP contribution is -2.46. The Morgan fingerprint density at radius 3 is 2.62 bits per heavy atom. The van der Waals surface area contributed by atoms with Gasteiger partial charge in [-0.3, -0.25) is 9.58 Å². The molecular formula is C20H22N8S. The van der Waals surface area contributed by atoms with Crippen molar-refractivity contribution in [3.05, 3.63) is 47.6 Å². The number of nitrogen functional groups attached to an aromatic ring is 1. The molecule has 29 heavy (non-hydrogen) atoms. The maximum atomic E-state index is 6.11. The maximum absolute atomic E-state index is 6.11. The first-order valence-corrected chi connectivity index (χ1v) is 10.5. The van der Waals surface area contributed by atoms with E-state index in [4.69, 9.17) is 10.7 Å². The fourth-order valence-corrected chi connectivity index (χ4v) is 4.42. The first kappa shape index (κ1) is 18.0. The van der Waals surface area contributed by atoms with Gasteiger partial charge in [0.15, 0.2) is 5.65 Å². The zero-order valence-corrected chi connectivity index (χ0v) is 17.0. The molecule has 0 atom stereocenters. The summed E-state index contributed by atoms with van der Waals surface area (Å²) in [5, 5.41) is 8.26. The Hall–Kier alpha value is -3.04. The Labute approximate surface area is 172 Å². The van der Waals surface area contributed by atoms with E-state index in [1.807, 2.05) is 25.2 Å². The summed E-state index contributed by atoms with van der Waals surface area (Å²) in [7, 11) is 1.87. The van der Waals surface area contributed by atoms with Gasteiger partial charge in [-0.05, 0) is 0 Å². The van der Waals surface area contributed by atoms with E-state index in [-0.39, 0.29) is 0 Å². The molecule has 9 heteroatoms. The zero-order chi connectivity index (χ0) is 19.8. The molecule has 1 fully saturated rings. The largest absolute Gasteiger partial charge is 0.383 e. The molecular weight excluding hydrogens is 384 g/mol. The van der Waals surface area contributed by atoms with E-state index < -0.39 is 0 Å². The highest BCUT2D eigenvalue weighted by molar-refractivity contribution is 7.13. The molecule has 148 valence electrons. The Balaban J connectivity index is 1.24. The predicted octanol–water partition coefficient (Wildman–Crippen LogP) is 2.39. The maximum Gasteiger partial charge on any atom is 0.229 e. The monoisotopic (exact) mass is 406 g/mol. The minimum atomic E-state index is 0.483. The van der Waals surface area contributed by atoms with E-state index in [1.165, 1.54) is 5.56 Å². The van der Waals surface area contributed by atoms with Gasteiger partial charge in [0.1, 0.15) is 10.8 Å². The fourth-order valence-electron chi connectivity index (χ4n) is 3.60. The second-order valence-corrected chi connectivity index (χ2v) is 8.05. The third-order valence-electron chi connectivity index (χ3n) is 5.22. The molecule has 1 saturated heterocycles. The highest BCUT2D eigenvalue weighted by Crippen LogP contribution is 2.25. The van der Waals surface area contributed by atoms with Crippen LogP contribution in [0.1, 0.15) is 5.69 Å². The van der Waals surface area contributed by atoms with Crippen LogP contribution in [0.2, 0.25) is 0 Å². The quantitative estimate of drug-likeness (QED) is 0.557. The summed E-state index contributed by atoms with van der Waals surface area (Å²) < 4.78 is 1.74. The molecule has 8 nitrogen and oxygen atoms in total. The van der Waals surface area contributed by atoms with Gasteiger partial charge in [0.2, 0.25) is 5.95 Å². The van der Waals surface area contributed by atoms with Crippen LogP contribution in [0.25, 0.3) is 21.6 Å². The van der Waals surface area contributed by atoms with E-state index in [0.717, 1.165) is 54.5 Å². The van der Waals surface area contributed by atoms with Crippen molar-refractivity contribution in [3.8, 4) is 10.6 Å². The number of thiazole rings is 1. The molecule has 5 rings (SSSR count). The molecule has 4 aromatic rings. The van der Waals surface area contributed by atoms with Crippen LogP contribution in [0.3, 0.4) is 0 Å². The van der Waals surface area contributed by atoms with E-state index in [2.05, 4.69) is 42.4 Å². The number of piperazine rings is 1. The number of nitrogens with two attached hydrogens (primary N) is 1. The van der Waals surface area contributed by atoms with Crippen molar-refractivity contribution in [3.63, 3.8) is 0 Å². The Bertz CT molecular complexity index is 1130. The van der Waals surface area contributed by atoms with Crippen LogP contribution >= 0.6 is 11.3 Å². The normalized spacial score (nSPS) is 15.3. The van der Waals surface area contributed by atoms with Crippen LogP contribution in [0.5, 0.6) is 0 Å². The summed E-state index contributed by atoms with van der Waals surface area (Å²) in [6, 6.07) is 10.3. The molecule has 4 heterocycles. The van der Waals surface area contributed by atoms with Gasteiger partial charge in [-0.25, -0.2) is 4.98 Å². The topological polar surface area (TPSA) is 89.0 Å². The Morgan fingerprint density at radius 2 is 1.83 bits per heavy atom. The average Bonchev–Trinajstić information content (AvgIpc) is 3.37. The number of aryl methyl sites for hydroxylation is 1. The number of benzene rings is 1. The highest BCUT2D eigenvalue weighted by atomic mass is 32.1. The van der Waals surface area contributed by atoms with Crippen LogP contribution in [0, 0.1) is 0 Å². The lowest BCUT2D eigenvalue weighted by Gasteiger charge is -2.34. The van der Waals surface area contributed by atoms with Crippen LogP contribution in [-0.4, -0.2) is 55.8 Å². The van der Waals surface area contributed by atoms with Crippen molar-refractivity contribution in [1.82, 2.24) is 29.6 Å². The fraction of sp³-hybridized carbons (Fsp3) is 0.300. The summed E-state index contributed by atoms with van der Waals surface area (Å²) in [4.78, 5) is 18.6. The van der Waals surface area contributed by atoms with Crippen molar-refractivity contribution in [1.29, 1.82) is 0 Å². The smallest absolute Gasteiger partial charge is 0.229 e. The summed E-state index contributed by atoms with van der Waals surface area (Å²) in [6.07, 6.45) is 1.71. The SMILES string of the molecule is Cn1ncc2c(N)nc(N3CCN(Cc4csc(-c5ccccc5)n4)CC3)nc21. The van der Waals surface area contributed by atoms with Crippen molar-refractivity contribution >= 4 is 34.1 Å². The number of rotatable bonds is 4. The van der Waals surface area contributed by atoms with Crippen LogP contribution in [0.4, 0.5) is 11.8 Å². The lowest BCUT2D eigenvalue weighted by atomic mass is 10.2. The number of fused-ring (bicyclic) bond motifs is 1. The van der Waals surface area contributed by atoms with E-state index in [0.29, 0.717) is 11.8 Å². The standard InChI is InChI=1S/C20H22N8S/c1-26-18-16(11-22-26)17(21)24-20(25-18)28-9-7-27(8-10-28)12-15-13-29-19(23-15)14-5-3-2-4-6-14/h2-6,11,13H,7-10,12H2,1H3,(H2,21,24,25). The van der Waals surface area contributed by atoms with E-state index in [1.54, 1.807) is 22.2 Å². The Kier molecular flexibility index (Phi) is 4.61. The van der Waals surface area contributed by atoms with Gasteiger partial charge >= 0.3 is 0 Å². The van der Waals surface area contributed by atoms with Crippen molar-refractivity contribution < 1.29 is 0 Å². The van der Waals surface area contributed by atoms with E-state index >= 15 is 0 Å². The van der Waals surface area contributed by atoms with Crippen LogP contribution in [0.15, 0.2) is 41.9 Å². The third kappa shape index (κ3) is 3.54. The first-order valence-electron chi connectivity index (χ1n) is 9.60. The number of anilines is 2. The molecule has 2 N–H and O–H groups in total. The zero-order valence-electron chi connectivity index (χ0n) is 16.2. The van der Waals surface area contributed by atoms with Crippen molar-refractivity contribution in [2.75, 3.05) is 36.8 Å². The Morgan fingerprint density at radius 1 is 1.03 bits per heavy atom. The summed E-state index contributed by atoms with van der Waals surface area (Å²) in [5.41, 5.74) is 9.18. The second-order valence-electron chi connectivity index (χ2n) is 7.19. The van der Waals surface area contributed by atoms with Crippen molar-refractivity contribution in [2.45, 2.75) is 6.54 Å². The molecule has 0 aliphatic carbocycles. The molecule has 3 aromatic heterocycles. The number of nitrogens with zero attached hydrogens (tertiary/aromatic N) is 7. The van der Waals surface area contributed by atoms with Gasteiger partial charge in [-0.2, -0.15) is 15.1 Å². The van der Waals surface area contributed by atoms with Gasteiger partial charge in [-0.15, -0.1) is 11.3 Å². The third-order valence-corrected chi connectivity index (χ3v) is 6.16. The second kappa shape index (κ2) is 7.41. The molecule has 0 spiro atoms. The minimum absolute atomic E-state index is 0.483. The van der Waals surface area contributed by atoms with Crippen LogP contribution < -0.4 is 10.6 Å². The van der Waals surface area contributed by atoms with Gasteiger partial charge in [0.25, 0.3) is 0 Å². The highest BCUT2D eigenvalue weighted by Gasteiger charge is 2.21. The van der Waals surface area contributed by atoms with Gasteiger partial charge in [-0.1, -0.05) is 30.3 Å². The molecule has 1 aromatic carbocycles. The predicted molar refractivity (Wildman–Crippen MR) is 116 cm³/mol. The first-order chi connectivity index (χ1) is 14.2. The number of aromatic nitrogens is 5. The average molecular weight is 407 g/mol. The van der Waals surface area contributed by atoms with Gasteiger partial charge in [0, 0.05) is 50.7 Å². The van der Waals surface area contributed by atoms with Crippen molar-refractivity contribution in [2.24, 2.45) is 7.05 Å². The summed E-state index contributed by atoms with van der Waals surface area (Å²) in [6.45, 7) is 4.45. The number of hydrogen-bond donors (Lipinski definition) is 1.